The van der Waals surface area contributed by atoms with Crippen LogP contribution in [0.1, 0.15) is 17.3 Å². The number of likely N-dealkylation sites (N-methyl/N-ethyl adjacent to an activating group) is 1. The van der Waals surface area contributed by atoms with Gasteiger partial charge in [0.25, 0.3) is 5.91 Å². The number of nitrogens with zero attached hydrogens (tertiary/aromatic N) is 3. The van der Waals surface area contributed by atoms with E-state index >= 15 is 0 Å². The van der Waals surface area contributed by atoms with Crippen LogP contribution >= 0.6 is 0 Å². The van der Waals surface area contributed by atoms with Crippen molar-refractivity contribution in [3.63, 3.8) is 0 Å². The van der Waals surface area contributed by atoms with Crippen molar-refractivity contribution >= 4 is 17.7 Å². The third kappa shape index (κ3) is 2.97. The van der Waals surface area contributed by atoms with Crippen molar-refractivity contribution in [3.05, 3.63) is 23.9 Å². The summed E-state index contributed by atoms with van der Waals surface area (Å²) in [4.78, 5) is 29.9. The number of aromatic nitrogens is 1. The number of carbonyl (C=O) groups excluding carboxylic acids is 1. The Morgan fingerprint density at radius 2 is 1.89 bits per heavy atom. The summed E-state index contributed by atoms with van der Waals surface area (Å²) in [6, 6.07) is 2.48. The largest absolute Gasteiger partial charge is 0.480 e. The van der Waals surface area contributed by atoms with E-state index in [1.54, 1.807) is 12.1 Å². The smallest absolute Gasteiger partial charge is 0.326 e. The SMILES string of the molecule is CC(C(=O)O)N(C)C(=O)c1ccc(N(C)C)nc1. The van der Waals surface area contributed by atoms with E-state index in [2.05, 4.69) is 4.98 Å². The molecule has 1 rings (SSSR count). The summed E-state index contributed by atoms with van der Waals surface area (Å²) in [6.45, 7) is 1.46. The van der Waals surface area contributed by atoms with Crippen molar-refractivity contribution in [1.29, 1.82) is 0 Å². The van der Waals surface area contributed by atoms with Crippen molar-refractivity contribution in [2.75, 3.05) is 26.0 Å². The van der Waals surface area contributed by atoms with Crippen molar-refractivity contribution in [1.82, 2.24) is 9.88 Å². The number of amides is 1. The van der Waals surface area contributed by atoms with Crippen LogP contribution in [0.3, 0.4) is 0 Å². The molecule has 1 heterocycles. The number of hydrogen-bond donors (Lipinski definition) is 1. The van der Waals surface area contributed by atoms with E-state index in [-0.39, 0.29) is 5.91 Å². The van der Waals surface area contributed by atoms with Crippen molar-refractivity contribution in [2.24, 2.45) is 0 Å². The average Bonchev–Trinajstić information content (AvgIpc) is 2.36. The predicted octanol–water partition coefficient (Wildman–Crippen LogP) is 0.693. The Labute approximate surface area is 106 Å². The van der Waals surface area contributed by atoms with Crippen LogP contribution in [-0.4, -0.2) is 54.1 Å². The first-order chi connectivity index (χ1) is 8.34. The number of rotatable bonds is 4. The van der Waals surface area contributed by atoms with Crippen LogP contribution in [-0.2, 0) is 4.79 Å². The number of anilines is 1. The lowest BCUT2D eigenvalue weighted by Crippen LogP contribution is -2.40. The molecule has 0 saturated heterocycles. The number of aliphatic carboxylic acids is 1. The van der Waals surface area contributed by atoms with E-state index in [4.69, 9.17) is 5.11 Å². The highest BCUT2D eigenvalue weighted by atomic mass is 16.4. The minimum Gasteiger partial charge on any atom is -0.480 e. The van der Waals surface area contributed by atoms with Gasteiger partial charge in [-0.25, -0.2) is 9.78 Å². The van der Waals surface area contributed by atoms with Gasteiger partial charge < -0.3 is 14.9 Å². The molecule has 1 aromatic rings. The molecule has 1 aromatic heterocycles. The van der Waals surface area contributed by atoms with Crippen LogP contribution in [0.4, 0.5) is 5.82 Å². The van der Waals surface area contributed by atoms with Gasteiger partial charge in [0.2, 0.25) is 0 Å². The Kier molecular flexibility index (Phi) is 4.25. The molecular weight excluding hydrogens is 234 g/mol. The van der Waals surface area contributed by atoms with E-state index < -0.39 is 12.0 Å². The molecule has 6 heteroatoms. The molecule has 0 radical (unpaired) electrons. The second-order valence-electron chi connectivity index (χ2n) is 4.23. The second kappa shape index (κ2) is 5.48. The van der Waals surface area contributed by atoms with Gasteiger partial charge in [0.1, 0.15) is 11.9 Å². The molecule has 18 heavy (non-hydrogen) atoms. The van der Waals surface area contributed by atoms with Crippen LogP contribution in [0.2, 0.25) is 0 Å². The molecule has 0 fully saturated rings. The molecule has 0 aliphatic heterocycles. The van der Waals surface area contributed by atoms with Gasteiger partial charge in [-0.1, -0.05) is 0 Å². The Bertz CT molecular complexity index is 442. The fourth-order valence-corrected chi connectivity index (χ4v) is 1.32. The second-order valence-corrected chi connectivity index (χ2v) is 4.23. The molecule has 6 nitrogen and oxygen atoms in total. The van der Waals surface area contributed by atoms with E-state index in [1.165, 1.54) is 25.1 Å². The van der Waals surface area contributed by atoms with Gasteiger partial charge in [-0.05, 0) is 19.1 Å². The maximum atomic E-state index is 12.0. The van der Waals surface area contributed by atoms with Crippen molar-refractivity contribution in [2.45, 2.75) is 13.0 Å². The van der Waals surface area contributed by atoms with Crippen molar-refractivity contribution in [3.8, 4) is 0 Å². The lowest BCUT2D eigenvalue weighted by Gasteiger charge is -2.21. The van der Waals surface area contributed by atoms with Crippen molar-refractivity contribution < 1.29 is 14.7 Å². The number of hydrogen-bond acceptors (Lipinski definition) is 4. The Balaban J connectivity index is 2.87. The molecule has 0 aliphatic rings. The first-order valence-electron chi connectivity index (χ1n) is 5.48. The minimum absolute atomic E-state index is 0.359. The van der Waals surface area contributed by atoms with E-state index in [0.717, 1.165) is 5.82 Å². The third-order valence-corrected chi connectivity index (χ3v) is 2.71. The van der Waals surface area contributed by atoms with Gasteiger partial charge in [-0.15, -0.1) is 0 Å². The fourth-order valence-electron chi connectivity index (χ4n) is 1.32. The van der Waals surface area contributed by atoms with Crippen LogP contribution in [0.15, 0.2) is 18.3 Å². The molecule has 0 aliphatic carbocycles. The van der Waals surface area contributed by atoms with Crippen LogP contribution < -0.4 is 4.90 Å². The first-order valence-corrected chi connectivity index (χ1v) is 5.48. The highest BCUT2D eigenvalue weighted by Gasteiger charge is 2.22. The molecule has 1 atom stereocenters. The topological polar surface area (TPSA) is 73.7 Å². The van der Waals surface area contributed by atoms with E-state index in [9.17, 15) is 9.59 Å². The summed E-state index contributed by atoms with van der Waals surface area (Å²) in [7, 11) is 5.16. The summed E-state index contributed by atoms with van der Waals surface area (Å²) in [5.41, 5.74) is 0.371. The van der Waals surface area contributed by atoms with E-state index in [0.29, 0.717) is 5.56 Å². The van der Waals surface area contributed by atoms with Gasteiger partial charge in [0, 0.05) is 27.3 Å². The molecular formula is C12H17N3O3. The average molecular weight is 251 g/mol. The summed E-state index contributed by atoms with van der Waals surface area (Å²) < 4.78 is 0. The first kappa shape index (κ1) is 14.0. The fraction of sp³-hybridized carbons (Fsp3) is 0.417. The van der Waals surface area contributed by atoms with E-state index in [1.807, 2.05) is 19.0 Å². The maximum absolute atomic E-state index is 12.0. The van der Waals surface area contributed by atoms with Gasteiger partial charge in [-0.2, -0.15) is 0 Å². The van der Waals surface area contributed by atoms with Gasteiger partial charge in [0.05, 0.1) is 5.56 Å². The summed E-state index contributed by atoms with van der Waals surface area (Å²) in [6.07, 6.45) is 1.45. The lowest BCUT2D eigenvalue weighted by molar-refractivity contribution is -0.141. The molecule has 1 unspecified atom stereocenters. The zero-order chi connectivity index (χ0) is 13.9. The quantitative estimate of drug-likeness (QED) is 0.852. The normalized spacial score (nSPS) is 11.8. The molecule has 0 bridgehead atoms. The zero-order valence-corrected chi connectivity index (χ0v) is 10.9. The number of pyridine rings is 1. The highest BCUT2D eigenvalue weighted by molar-refractivity contribution is 5.96. The monoisotopic (exact) mass is 251 g/mol. The summed E-state index contributed by atoms with van der Waals surface area (Å²) in [5, 5.41) is 8.85. The predicted molar refractivity (Wildman–Crippen MR) is 67.8 cm³/mol. The Hall–Kier alpha value is -2.11. The molecule has 98 valence electrons. The number of carbonyl (C=O) groups is 2. The molecule has 1 N–H and O–H groups in total. The molecule has 0 saturated carbocycles. The highest BCUT2D eigenvalue weighted by Crippen LogP contribution is 2.10. The van der Waals surface area contributed by atoms with Gasteiger partial charge in [0.15, 0.2) is 0 Å². The van der Waals surface area contributed by atoms with Gasteiger partial charge in [-0.3, -0.25) is 4.79 Å². The third-order valence-electron chi connectivity index (χ3n) is 2.71. The lowest BCUT2D eigenvalue weighted by atomic mass is 10.2. The Morgan fingerprint density at radius 3 is 2.28 bits per heavy atom. The standard InChI is InChI=1S/C12H17N3O3/c1-8(12(17)18)15(4)11(16)9-5-6-10(13-7-9)14(2)3/h5-8H,1-4H3,(H,17,18). The number of carboxylic acids is 1. The summed E-state index contributed by atoms with van der Waals surface area (Å²) in [5.74, 6) is -0.660. The van der Waals surface area contributed by atoms with Gasteiger partial charge >= 0.3 is 5.97 Å². The summed E-state index contributed by atoms with van der Waals surface area (Å²) >= 11 is 0. The zero-order valence-electron chi connectivity index (χ0n) is 10.9. The van der Waals surface area contributed by atoms with Crippen LogP contribution in [0, 0.1) is 0 Å². The maximum Gasteiger partial charge on any atom is 0.326 e. The molecule has 0 aromatic carbocycles. The number of carboxylic acid groups (broad SMARTS) is 1. The Morgan fingerprint density at radius 1 is 1.28 bits per heavy atom. The van der Waals surface area contributed by atoms with Crippen LogP contribution in [0.5, 0.6) is 0 Å². The molecule has 0 spiro atoms. The molecule has 1 amide bonds. The van der Waals surface area contributed by atoms with Crippen LogP contribution in [0.25, 0.3) is 0 Å². The minimum atomic E-state index is -1.04.